The number of aromatic nitrogens is 1. The first-order chi connectivity index (χ1) is 17.0. The number of hydrogen-bond donors (Lipinski definition) is 0. The molecule has 1 aliphatic carbocycles. The molecule has 1 aromatic heterocycles. The summed E-state index contributed by atoms with van der Waals surface area (Å²) in [4.78, 5) is 38.7. The highest BCUT2D eigenvalue weighted by atomic mass is 32.2. The Morgan fingerprint density at radius 3 is 2.22 bits per heavy atom. The summed E-state index contributed by atoms with van der Waals surface area (Å²) in [7, 11) is -4.60. The first kappa shape index (κ1) is 30.6. The Bertz CT molecular complexity index is 1130. The molecule has 0 aromatic carbocycles. The number of rotatable bonds is 9. The summed E-state index contributed by atoms with van der Waals surface area (Å²) in [5.74, 6) is -3.23. The highest BCUT2D eigenvalue weighted by molar-refractivity contribution is 7.88. The van der Waals surface area contributed by atoms with Crippen molar-refractivity contribution in [1.29, 1.82) is 0 Å². The van der Waals surface area contributed by atoms with E-state index in [9.17, 15) is 36.0 Å². The molecule has 0 saturated heterocycles. The molecule has 1 heterocycles. The van der Waals surface area contributed by atoms with Gasteiger partial charge in [-0.15, -0.1) is 0 Å². The highest BCUT2D eigenvalue weighted by Crippen LogP contribution is 2.34. The average Bonchev–Trinajstić information content (AvgIpc) is 2.76. The van der Waals surface area contributed by atoms with Crippen LogP contribution in [-0.4, -0.2) is 55.9 Å². The maximum absolute atomic E-state index is 13.2. The van der Waals surface area contributed by atoms with Crippen molar-refractivity contribution in [3.8, 4) is 5.75 Å². The summed E-state index contributed by atoms with van der Waals surface area (Å²) in [6.07, 6.45) is 3.80. The molecule has 0 N–H and O–H groups in total. The van der Waals surface area contributed by atoms with Crippen molar-refractivity contribution in [3.63, 3.8) is 0 Å². The predicted molar refractivity (Wildman–Crippen MR) is 125 cm³/mol. The Morgan fingerprint density at radius 1 is 1.14 bits per heavy atom. The molecule has 0 radical (unpaired) electrons. The monoisotopic (exact) mass is 555 g/mol. The predicted octanol–water partition coefficient (Wildman–Crippen LogP) is 3.73. The van der Waals surface area contributed by atoms with E-state index in [-0.39, 0.29) is 25.0 Å². The third-order valence-corrected chi connectivity index (χ3v) is 6.69. The van der Waals surface area contributed by atoms with Gasteiger partial charge in [-0.3, -0.25) is 4.79 Å². The van der Waals surface area contributed by atoms with E-state index in [4.69, 9.17) is 14.2 Å². The van der Waals surface area contributed by atoms with Gasteiger partial charge in [0.25, 0.3) is 5.56 Å². The second-order valence-corrected chi connectivity index (χ2v) is 11.2. The van der Waals surface area contributed by atoms with Crippen LogP contribution < -0.4 is 9.74 Å². The summed E-state index contributed by atoms with van der Waals surface area (Å²) >= 11 is 0. The van der Waals surface area contributed by atoms with Crippen molar-refractivity contribution in [2.45, 2.75) is 83.1 Å². The van der Waals surface area contributed by atoms with Crippen LogP contribution in [-0.2, 0) is 29.1 Å². The molecule has 37 heavy (non-hydrogen) atoms. The molecule has 1 aromatic rings. The third-order valence-electron chi connectivity index (χ3n) is 5.72. The zero-order valence-corrected chi connectivity index (χ0v) is 22.1. The number of ether oxygens (including phenoxy) is 3. The summed E-state index contributed by atoms with van der Waals surface area (Å²) in [5, 5.41) is 0. The summed E-state index contributed by atoms with van der Waals surface area (Å²) in [5.41, 5.74) is -8.58. The molecule has 1 atom stereocenters. The molecule has 10 nitrogen and oxygen atoms in total. The molecular weight excluding hydrogens is 523 g/mol. The van der Waals surface area contributed by atoms with Crippen molar-refractivity contribution >= 4 is 22.1 Å². The van der Waals surface area contributed by atoms with Crippen molar-refractivity contribution < 1.29 is 49.6 Å². The number of esters is 2. The van der Waals surface area contributed by atoms with E-state index < -0.39 is 56.1 Å². The quantitative estimate of drug-likeness (QED) is 0.254. The molecule has 2 rings (SSSR count). The van der Waals surface area contributed by atoms with Gasteiger partial charge in [-0.05, 0) is 65.7 Å². The zero-order chi connectivity index (χ0) is 28.2. The number of carbonyl (C=O) groups is 2. The highest BCUT2D eigenvalue weighted by Gasteiger charge is 2.49. The third kappa shape index (κ3) is 8.19. The summed E-state index contributed by atoms with van der Waals surface area (Å²) in [6.45, 7) is 6.08. The van der Waals surface area contributed by atoms with Crippen LogP contribution in [0.15, 0.2) is 17.1 Å². The lowest BCUT2D eigenvalue weighted by molar-refractivity contribution is -0.160. The lowest BCUT2D eigenvalue weighted by Gasteiger charge is -2.31. The van der Waals surface area contributed by atoms with E-state index in [0.29, 0.717) is 18.9 Å². The van der Waals surface area contributed by atoms with Crippen molar-refractivity contribution in [2.24, 2.45) is 5.92 Å². The number of alkyl halides is 3. The number of nitrogens with zero attached hydrogens (tertiary/aromatic N) is 1. The van der Waals surface area contributed by atoms with Crippen LogP contribution in [0.5, 0.6) is 5.75 Å². The standard InChI is InChI=1S/C23H32F3NO9S/c1-6-34-20(29)16-13-27(19(28)12-18(16)36-37(31,32)23(24,25)26)17(21(30)35-22(2,3)4)11-14-7-9-15(33-5)10-8-14/h12-15,17H,6-11H2,1-5H3. The van der Waals surface area contributed by atoms with Crippen molar-refractivity contribution in [1.82, 2.24) is 4.57 Å². The molecule has 0 aliphatic heterocycles. The average molecular weight is 556 g/mol. The summed E-state index contributed by atoms with van der Waals surface area (Å²) < 4.78 is 82.5. The maximum Gasteiger partial charge on any atom is 0.534 e. The minimum absolute atomic E-state index is 0.0246. The lowest BCUT2D eigenvalue weighted by Crippen LogP contribution is -2.37. The van der Waals surface area contributed by atoms with Gasteiger partial charge in [0.15, 0.2) is 5.75 Å². The van der Waals surface area contributed by atoms with Crippen LogP contribution >= 0.6 is 0 Å². The van der Waals surface area contributed by atoms with Crippen LogP contribution in [0, 0.1) is 5.92 Å². The van der Waals surface area contributed by atoms with Crippen molar-refractivity contribution in [3.05, 3.63) is 28.2 Å². The SMILES string of the molecule is CCOC(=O)c1cn(C(CC2CCC(OC)CC2)C(=O)OC(C)(C)C)c(=O)cc1OS(=O)(=O)C(F)(F)F. The van der Waals surface area contributed by atoms with Gasteiger partial charge >= 0.3 is 27.6 Å². The number of halogens is 3. The maximum atomic E-state index is 13.2. The lowest BCUT2D eigenvalue weighted by atomic mass is 9.83. The Morgan fingerprint density at radius 2 is 1.73 bits per heavy atom. The minimum Gasteiger partial charge on any atom is -0.462 e. The van der Waals surface area contributed by atoms with Gasteiger partial charge in [-0.25, -0.2) is 9.59 Å². The van der Waals surface area contributed by atoms with Gasteiger partial charge in [0, 0.05) is 19.4 Å². The van der Waals surface area contributed by atoms with Gasteiger partial charge < -0.3 is 23.0 Å². The van der Waals surface area contributed by atoms with Gasteiger partial charge in [0.1, 0.15) is 17.2 Å². The molecule has 0 spiro atoms. The van der Waals surface area contributed by atoms with E-state index in [1.807, 2.05) is 0 Å². The van der Waals surface area contributed by atoms with Crippen LogP contribution in [0.4, 0.5) is 13.2 Å². The number of hydrogen-bond acceptors (Lipinski definition) is 9. The molecule has 1 saturated carbocycles. The largest absolute Gasteiger partial charge is 0.534 e. The number of carbonyl (C=O) groups excluding carboxylic acids is 2. The topological polar surface area (TPSA) is 127 Å². The number of methoxy groups -OCH3 is 1. The minimum atomic E-state index is -6.20. The molecular formula is C23H32F3NO9S. The summed E-state index contributed by atoms with van der Waals surface area (Å²) in [6, 6.07) is -0.841. The van der Waals surface area contributed by atoms with Crippen molar-refractivity contribution in [2.75, 3.05) is 13.7 Å². The molecule has 0 amide bonds. The van der Waals surface area contributed by atoms with Crippen LogP contribution in [0.2, 0.25) is 0 Å². The van der Waals surface area contributed by atoms with Crippen LogP contribution in [0.1, 0.15) is 76.2 Å². The smallest absolute Gasteiger partial charge is 0.462 e. The fourth-order valence-electron chi connectivity index (χ4n) is 3.98. The second-order valence-electron chi connectivity index (χ2n) is 9.66. The van der Waals surface area contributed by atoms with Gasteiger partial charge in [0.2, 0.25) is 0 Å². The molecule has 1 unspecified atom stereocenters. The first-order valence-corrected chi connectivity index (χ1v) is 13.1. The molecule has 1 fully saturated rings. The van der Waals surface area contributed by atoms with Gasteiger partial charge in [-0.2, -0.15) is 21.6 Å². The van der Waals surface area contributed by atoms with Gasteiger partial charge in [-0.1, -0.05) is 0 Å². The fraction of sp³-hybridized carbons (Fsp3) is 0.696. The van der Waals surface area contributed by atoms with E-state index in [1.165, 1.54) is 6.92 Å². The molecule has 210 valence electrons. The van der Waals surface area contributed by atoms with E-state index in [2.05, 4.69) is 4.18 Å². The van der Waals surface area contributed by atoms with Gasteiger partial charge in [0.05, 0.1) is 12.7 Å². The molecule has 1 aliphatic rings. The number of pyridine rings is 1. The Hall–Kier alpha value is -2.61. The Kier molecular flexibility index (Phi) is 9.80. The fourth-order valence-corrected chi connectivity index (χ4v) is 4.45. The normalized spacial score (nSPS) is 19.7. The Labute approximate surface area is 213 Å². The van der Waals surface area contributed by atoms with Crippen LogP contribution in [0.25, 0.3) is 0 Å². The zero-order valence-electron chi connectivity index (χ0n) is 21.3. The van der Waals surface area contributed by atoms with E-state index in [0.717, 1.165) is 23.6 Å². The van der Waals surface area contributed by atoms with E-state index in [1.54, 1.807) is 27.9 Å². The second kappa shape index (κ2) is 11.8. The van der Waals surface area contributed by atoms with E-state index >= 15 is 0 Å². The van der Waals surface area contributed by atoms with Crippen LogP contribution in [0.3, 0.4) is 0 Å². The molecule has 0 bridgehead atoms. The Balaban J connectivity index is 2.58. The first-order valence-electron chi connectivity index (χ1n) is 11.7. The molecule has 14 heteroatoms.